The zero-order valence-corrected chi connectivity index (χ0v) is 10.5. The highest BCUT2D eigenvalue weighted by Gasteiger charge is 2.25. The second kappa shape index (κ2) is 6.59. The smallest absolute Gasteiger partial charge is 0.305 e. The molecular formula is C12H22N2O3. The van der Waals surface area contributed by atoms with Crippen LogP contribution in [0.5, 0.6) is 0 Å². The van der Waals surface area contributed by atoms with Gasteiger partial charge < -0.3 is 15.7 Å². The second-order valence-corrected chi connectivity index (χ2v) is 5.00. The molecule has 0 radical (unpaired) electrons. The molecule has 1 unspecified atom stereocenters. The van der Waals surface area contributed by atoms with Crippen LogP contribution >= 0.6 is 0 Å². The second-order valence-electron chi connectivity index (χ2n) is 5.00. The van der Waals surface area contributed by atoms with Gasteiger partial charge in [-0.2, -0.15) is 0 Å². The quantitative estimate of drug-likeness (QED) is 0.659. The summed E-state index contributed by atoms with van der Waals surface area (Å²) in [6.45, 7) is 5.51. The molecule has 3 N–H and O–H groups in total. The number of carboxylic acids is 1. The minimum absolute atomic E-state index is 0.0104. The molecule has 98 valence electrons. The number of rotatable bonds is 5. The van der Waals surface area contributed by atoms with E-state index >= 15 is 0 Å². The van der Waals surface area contributed by atoms with Gasteiger partial charge in [0.2, 0.25) is 5.91 Å². The average Bonchev–Trinajstić information content (AvgIpc) is 2.28. The van der Waals surface area contributed by atoms with Gasteiger partial charge in [0.1, 0.15) is 0 Å². The molecule has 1 amide bonds. The van der Waals surface area contributed by atoms with Crippen LogP contribution in [0.15, 0.2) is 0 Å². The zero-order valence-electron chi connectivity index (χ0n) is 10.5. The van der Waals surface area contributed by atoms with E-state index in [0.717, 1.165) is 19.4 Å². The topological polar surface area (TPSA) is 78.4 Å². The third-order valence-corrected chi connectivity index (χ3v) is 3.19. The highest BCUT2D eigenvalue weighted by Crippen LogP contribution is 2.12. The molecule has 1 aliphatic rings. The van der Waals surface area contributed by atoms with Crippen molar-refractivity contribution in [1.29, 1.82) is 0 Å². The van der Waals surface area contributed by atoms with E-state index in [9.17, 15) is 9.59 Å². The van der Waals surface area contributed by atoms with Gasteiger partial charge in [-0.25, -0.2) is 0 Å². The summed E-state index contributed by atoms with van der Waals surface area (Å²) in [5, 5.41) is 14.8. The zero-order chi connectivity index (χ0) is 12.8. The van der Waals surface area contributed by atoms with Crippen molar-refractivity contribution < 1.29 is 14.7 Å². The number of carbonyl (C=O) groups is 2. The Bertz CT molecular complexity index is 273. The largest absolute Gasteiger partial charge is 0.481 e. The summed E-state index contributed by atoms with van der Waals surface area (Å²) in [5.74, 6) is -0.770. The summed E-state index contributed by atoms with van der Waals surface area (Å²) in [6, 6.07) is -0.276. The summed E-state index contributed by atoms with van der Waals surface area (Å²) < 4.78 is 0. The summed E-state index contributed by atoms with van der Waals surface area (Å²) in [4.78, 5) is 22.7. The molecule has 5 nitrogen and oxygen atoms in total. The molecule has 1 heterocycles. The molecule has 1 saturated heterocycles. The molecule has 2 atom stereocenters. The Balaban J connectivity index is 2.47. The van der Waals surface area contributed by atoms with E-state index in [1.165, 1.54) is 0 Å². The molecule has 1 fully saturated rings. The van der Waals surface area contributed by atoms with Crippen LogP contribution in [-0.2, 0) is 9.59 Å². The monoisotopic (exact) mass is 242 g/mol. The van der Waals surface area contributed by atoms with E-state index in [1.54, 1.807) is 0 Å². The Morgan fingerprint density at radius 3 is 2.65 bits per heavy atom. The van der Waals surface area contributed by atoms with Crippen LogP contribution in [0.4, 0.5) is 0 Å². The Morgan fingerprint density at radius 1 is 1.47 bits per heavy atom. The summed E-state index contributed by atoms with van der Waals surface area (Å²) in [5.41, 5.74) is 0. The minimum atomic E-state index is -0.870. The average molecular weight is 242 g/mol. The van der Waals surface area contributed by atoms with Gasteiger partial charge in [-0.1, -0.05) is 13.8 Å². The standard InChI is InChI=1S/C12H22N2O3/c1-8(2)10(6-11(15)16)14-12(17)9-4-3-5-13-7-9/h8-10,13H,3-7H2,1-2H3,(H,14,17)(H,15,16)/t9-,10?/m0/s1. The number of nitrogens with one attached hydrogen (secondary N) is 2. The van der Waals surface area contributed by atoms with E-state index < -0.39 is 5.97 Å². The fraction of sp³-hybridized carbons (Fsp3) is 0.833. The molecule has 17 heavy (non-hydrogen) atoms. The Kier molecular flexibility index (Phi) is 5.41. The van der Waals surface area contributed by atoms with Crippen molar-refractivity contribution in [3.8, 4) is 0 Å². The number of amides is 1. The van der Waals surface area contributed by atoms with Gasteiger partial charge in [0.15, 0.2) is 0 Å². The third kappa shape index (κ3) is 4.73. The molecule has 0 aromatic carbocycles. The number of carboxylic acid groups (broad SMARTS) is 1. The van der Waals surface area contributed by atoms with Crippen molar-refractivity contribution in [2.24, 2.45) is 11.8 Å². The Morgan fingerprint density at radius 2 is 2.18 bits per heavy atom. The highest BCUT2D eigenvalue weighted by molar-refractivity contribution is 5.80. The summed E-state index contributed by atoms with van der Waals surface area (Å²) >= 11 is 0. The predicted octanol–water partition coefficient (Wildman–Crippen LogP) is 0.602. The van der Waals surface area contributed by atoms with Crippen molar-refractivity contribution in [2.75, 3.05) is 13.1 Å². The lowest BCUT2D eigenvalue weighted by Gasteiger charge is -2.26. The lowest BCUT2D eigenvalue weighted by molar-refractivity contribution is -0.138. The molecular weight excluding hydrogens is 220 g/mol. The Labute approximate surface area is 102 Å². The number of hydrogen-bond donors (Lipinski definition) is 3. The normalized spacial score (nSPS) is 22.2. The van der Waals surface area contributed by atoms with Crippen molar-refractivity contribution in [3.63, 3.8) is 0 Å². The number of aliphatic carboxylic acids is 1. The SMILES string of the molecule is CC(C)C(CC(=O)O)NC(=O)[C@H]1CCCNC1. The molecule has 0 bridgehead atoms. The number of piperidine rings is 1. The van der Waals surface area contributed by atoms with Gasteiger partial charge in [0.05, 0.1) is 12.3 Å². The lowest BCUT2D eigenvalue weighted by Crippen LogP contribution is -2.46. The van der Waals surface area contributed by atoms with Crippen molar-refractivity contribution in [1.82, 2.24) is 10.6 Å². The molecule has 0 saturated carbocycles. The molecule has 0 aliphatic carbocycles. The van der Waals surface area contributed by atoms with E-state index in [4.69, 9.17) is 5.11 Å². The van der Waals surface area contributed by atoms with Crippen LogP contribution in [0, 0.1) is 11.8 Å². The van der Waals surface area contributed by atoms with Gasteiger partial charge in [0.25, 0.3) is 0 Å². The van der Waals surface area contributed by atoms with Crippen molar-refractivity contribution in [2.45, 2.75) is 39.2 Å². The van der Waals surface area contributed by atoms with Crippen LogP contribution < -0.4 is 10.6 Å². The van der Waals surface area contributed by atoms with Crippen LogP contribution in [0.3, 0.4) is 0 Å². The van der Waals surface area contributed by atoms with Crippen LogP contribution in [0.1, 0.15) is 33.1 Å². The van der Waals surface area contributed by atoms with Gasteiger partial charge in [0, 0.05) is 12.6 Å². The van der Waals surface area contributed by atoms with E-state index in [2.05, 4.69) is 10.6 Å². The van der Waals surface area contributed by atoms with Crippen molar-refractivity contribution in [3.05, 3.63) is 0 Å². The number of hydrogen-bond acceptors (Lipinski definition) is 3. The van der Waals surface area contributed by atoms with Gasteiger partial charge >= 0.3 is 5.97 Å². The van der Waals surface area contributed by atoms with Gasteiger partial charge in [-0.3, -0.25) is 9.59 Å². The fourth-order valence-electron chi connectivity index (χ4n) is 2.02. The molecule has 1 aliphatic heterocycles. The number of carbonyl (C=O) groups excluding carboxylic acids is 1. The molecule has 0 aromatic rings. The van der Waals surface area contributed by atoms with E-state index in [1.807, 2.05) is 13.8 Å². The lowest BCUT2D eigenvalue weighted by atomic mass is 9.96. The van der Waals surface area contributed by atoms with Crippen LogP contribution in [0.25, 0.3) is 0 Å². The maximum Gasteiger partial charge on any atom is 0.305 e. The molecule has 0 aromatic heterocycles. The van der Waals surface area contributed by atoms with Gasteiger partial charge in [-0.05, 0) is 25.3 Å². The highest BCUT2D eigenvalue weighted by atomic mass is 16.4. The molecule has 0 spiro atoms. The first-order chi connectivity index (χ1) is 8.00. The summed E-state index contributed by atoms with van der Waals surface area (Å²) in [7, 11) is 0. The maximum atomic E-state index is 12.0. The van der Waals surface area contributed by atoms with Gasteiger partial charge in [-0.15, -0.1) is 0 Å². The maximum absolute atomic E-state index is 12.0. The molecule has 1 rings (SSSR count). The first-order valence-electron chi connectivity index (χ1n) is 6.23. The summed E-state index contributed by atoms with van der Waals surface area (Å²) in [6.07, 6.45) is 1.88. The Hall–Kier alpha value is -1.10. The first-order valence-corrected chi connectivity index (χ1v) is 6.23. The van der Waals surface area contributed by atoms with Crippen LogP contribution in [0.2, 0.25) is 0 Å². The minimum Gasteiger partial charge on any atom is -0.481 e. The predicted molar refractivity (Wildman–Crippen MR) is 64.6 cm³/mol. The van der Waals surface area contributed by atoms with E-state index in [-0.39, 0.29) is 30.2 Å². The van der Waals surface area contributed by atoms with Crippen molar-refractivity contribution >= 4 is 11.9 Å². The van der Waals surface area contributed by atoms with E-state index in [0.29, 0.717) is 6.54 Å². The fourth-order valence-corrected chi connectivity index (χ4v) is 2.02. The third-order valence-electron chi connectivity index (χ3n) is 3.19. The van der Waals surface area contributed by atoms with Crippen LogP contribution in [-0.4, -0.2) is 36.1 Å². The first kappa shape index (κ1) is 14.0. The molecule has 5 heteroatoms.